The maximum Gasteiger partial charge on any atom is 0.214 e. The van der Waals surface area contributed by atoms with Crippen LogP contribution in [0.5, 0.6) is 0 Å². The van der Waals surface area contributed by atoms with Crippen molar-refractivity contribution in [2.24, 2.45) is 5.92 Å². The molecule has 1 rings (SSSR count). The van der Waals surface area contributed by atoms with Crippen LogP contribution in [-0.4, -0.2) is 54.7 Å². The largest absolute Gasteiger partial charge is 0.356 e. The van der Waals surface area contributed by atoms with E-state index in [4.69, 9.17) is 4.74 Å². The number of hydrogen-bond donors (Lipinski definition) is 2. The highest BCUT2D eigenvalue weighted by atomic mass is 32.2. The lowest BCUT2D eigenvalue weighted by Gasteiger charge is -2.35. The second-order valence-electron chi connectivity index (χ2n) is 7.12. The molecule has 0 aromatic heterocycles. The Kier molecular flexibility index (Phi) is 6.61. The van der Waals surface area contributed by atoms with Crippen molar-refractivity contribution in [3.8, 4) is 0 Å². The van der Waals surface area contributed by atoms with Crippen LogP contribution in [0.25, 0.3) is 0 Å². The smallest absolute Gasteiger partial charge is 0.214 e. The van der Waals surface area contributed by atoms with Gasteiger partial charge in [0.15, 0.2) is 0 Å². The van der Waals surface area contributed by atoms with E-state index in [0.29, 0.717) is 13.1 Å². The van der Waals surface area contributed by atoms with Crippen LogP contribution in [0.2, 0.25) is 0 Å². The van der Waals surface area contributed by atoms with Gasteiger partial charge in [0, 0.05) is 19.1 Å². The first-order chi connectivity index (χ1) is 9.49. The first-order valence-electron chi connectivity index (χ1n) is 7.59. The summed E-state index contributed by atoms with van der Waals surface area (Å²) in [5, 5.41) is 12.8. The van der Waals surface area contributed by atoms with Crippen LogP contribution in [0.1, 0.15) is 47.5 Å². The van der Waals surface area contributed by atoms with Crippen molar-refractivity contribution in [2.45, 2.75) is 65.5 Å². The zero-order valence-electron chi connectivity index (χ0n) is 13.8. The van der Waals surface area contributed by atoms with Gasteiger partial charge < -0.3 is 9.84 Å². The van der Waals surface area contributed by atoms with Crippen LogP contribution in [0.4, 0.5) is 0 Å². The van der Waals surface area contributed by atoms with Crippen molar-refractivity contribution in [1.82, 2.24) is 9.62 Å². The molecule has 7 heteroatoms. The van der Waals surface area contributed by atoms with Gasteiger partial charge in [0.25, 0.3) is 0 Å². The molecule has 1 saturated heterocycles. The number of rotatable bonds is 6. The highest BCUT2D eigenvalue weighted by Gasteiger charge is 2.30. The molecule has 126 valence electrons. The number of sulfonamides is 1. The fourth-order valence-corrected chi connectivity index (χ4v) is 4.30. The van der Waals surface area contributed by atoms with Crippen LogP contribution in [0.3, 0.4) is 0 Å². The number of nitrogens with one attached hydrogen (secondary N) is 1. The van der Waals surface area contributed by atoms with E-state index < -0.39 is 22.0 Å². The summed E-state index contributed by atoms with van der Waals surface area (Å²) in [5.41, 5.74) is -0.454. The molecule has 0 amide bonds. The fourth-order valence-electron chi connectivity index (χ4n) is 2.43. The lowest BCUT2D eigenvalue weighted by Crippen LogP contribution is -2.52. The van der Waals surface area contributed by atoms with E-state index in [0.717, 1.165) is 12.8 Å². The molecule has 6 nitrogen and oxygen atoms in total. The maximum atomic E-state index is 12.3. The minimum Gasteiger partial charge on any atom is -0.356 e. The third kappa shape index (κ3) is 7.06. The van der Waals surface area contributed by atoms with Crippen molar-refractivity contribution in [3.05, 3.63) is 0 Å². The normalized spacial score (nSPS) is 23.5. The monoisotopic (exact) mass is 322 g/mol. The average molecular weight is 322 g/mol. The number of aliphatic hydroxyl groups excluding tert-OH is 1. The fraction of sp³-hybridized carbons (Fsp3) is 1.00. The minimum absolute atomic E-state index is 0.0852. The Labute approximate surface area is 128 Å². The van der Waals surface area contributed by atoms with Crippen molar-refractivity contribution in [1.29, 1.82) is 0 Å². The van der Waals surface area contributed by atoms with Gasteiger partial charge in [-0.2, -0.15) is 0 Å². The molecule has 1 unspecified atom stereocenters. The average Bonchev–Trinajstić information content (AvgIpc) is 2.24. The topological polar surface area (TPSA) is 78.9 Å². The van der Waals surface area contributed by atoms with Gasteiger partial charge >= 0.3 is 0 Å². The maximum absolute atomic E-state index is 12.3. The van der Waals surface area contributed by atoms with Gasteiger partial charge in [-0.15, -0.1) is 0 Å². The first-order valence-corrected chi connectivity index (χ1v) is 9.20. The molecular formula is C14H30N2O4S. The Balaban J connectivity index is 2.56. The molecule has 1 aliphatic rings. The van der Waals surface area contributed by atoms with E-state index in [-0.39, 0.29) is 17.7 Å². The molecule has 0 aromatic carbocycles. The van der Waals surface area contributed by atoms with Gasteiger partial charge in [0.1, 0.15) is 0 Å². The Morgan fingerprint density at radius 1 is 1.38 bits per heavy atom. The van der Waals surface area contributed by atoms with E-state index in [1.807, 2.05) is 34.6 Å². The van der Waals surface area contributed by atoms with E-state index in [1.54, 1.807) is 0 Å². The molecule has 1 heterocycles. The van der Waals surface area contributed by atoms with E-state index in [2.05, 4.69) is 5.32 Å². The molecule has 0 saturated carbocycles. The molecule has 1 aliphatic heterocycles. The predicted octanol–water partition coefficient (Wildman–Crippen LogP) is 1.12. The molecule has 2 N–H and O–H groups in total. The SMILES string of the molecule is CC(C)CS(=O)(=O)N1CCC[C@H](NC(O)OC(C)(C)C)C1. The summed E-state index contributed by atoms with van der Waals surface area (Å²) in [6, 6.07) is -0.0852. The number of hydrogen-bond acceptors (Lipinski definition) is 5. The zero-order valence-corrected chi connectivity index (χ0v) is 14.6. The van der Waals surface area contributed by atoms with Gasteiger partial charge in [0.2, 0.25) is 16.4 Å². The highest BCUT2D eigenvalue weighted by molar-refractivity contribution is 7.89. The quantitative estimate of drug-likeness (QED) is 0.716. The molecule has 0 spiro atoms. The van der Waals surface area contributed by atoms with Crippen LogP contribution in [-0.2, 0) is 14.8 Å². The third-order valence-electron chi connectivity index (χ3n) is 3.16. The van der Waals surface area contributed by atoms with E-state index in [1.165, 1.54) is 4.31 Å². The molecule has 1 fully saturated rings. The van der Waals surface area contributed by atoms with Crippen LogP contribution < -0.4 is 5.32 Å². The molecule has 0 aliphatic carbocycles. The van der Waals surface area contributed by atoms with Gasteiger partial charge in [-0.25, -0.2) is 12.7 Å². The molecule has 0 radical (unpaired) electrons. The summed E-state index contributed by atoms with van der Waals surface area (Å²) in [6.07, 6.45) is 0.540. The summed E-state index contributed by atoms with van der Waals surface area (Å²) in [6.45, 7) is 10.3. The van der Waals surface area contributed by atoms with Gasteiger partial charge in [-0.3, -0.25) is 5.32 Å². The summed E-state index contributed by atoms with van der Waals surface area (Å²) in [7, 11) is -3.22. The lowest BCUT2D eigenvalue weighted by molar-refractivity contribution is -0.186. The minimum atomic E-state index is -3.22. The number of ether oxygens (including phenoxy) is 1. The van der Waals surface area contributed by atoms with Crippen LogP contribution >= 0.6 is 0 Å². The Morgan fingerprint density at radius 3 is 2.52 bits per heavy atom. The molecule has 2 atom stereocenters. The van der Waals surface area contributed by atoms with Crippen molar-refractivity contribution in [3.63, 3.8) is 0 Å². The van der Waals surface area contributed by atoms with Crippen LogP contribution in [0.15, 0.2) is 0 Å². The predicted molar refractivity (Wildman–Crippen MR) is 83.2 cm³/mol. The lowest BCUT2D eigenvalue weighted by atomic mass is 10.1. The summed E-state index contributed by atoms with van der Waals surface area (Å²) >= 11 is 0. The second-order valence-corrected chi connectivity index (χ2v) is 9.13. The van der Waals surface area contributed by atoms with E-state index >= 15 is 0 Å². The van der Waals surface area contributed by atoms with Crippen molar-refractivity contribution >= 4 is 10.0 Å². The molecule has 21 heavy (non-hydrogen) atoms. The number of nitrogens with zero attached hydrogens (tertiary/aromatic N) is 1. The highest BCUT2D eigenvalue weighted by Crippen LogP contribution is 2.17. The Morgan fingerprint density at radius 2 is 2.00 bits per heavy atom. The van der Waals surface area contributed by atoms with Crippen molar-refractivity contribution < 1.29 is 18.3 Å². The zero-order chi connectivity index (χ0) is 16.3. The first kappa shape index (κ1) is 18.8. The summed E-state index contributed by atoms with van der Waals surface area (Å²) in [4.78, 5) is 0. The second kappa shape index (κ2) is 7.37. The molecular weight excluding hydrogens is 292 g/mol. The molecule has 0 aromatic rings. The number of piperidine rings is 1. The van der Waals surface area contributed by atoms with E-state index in [9.17, 15) is 13.5 Å². The van der Waals surface area contributed by atoms with Gasteiger partial charge in [-0.1, -0.05) is 13.8 Å². The Hall–Kier alpha value is -0.210. The Bertz CT molecular complexity index is 417. The third-order valence-corrected chi connectivity index (χ3v) is 5.37. The molecule has 0 bridgehead atoms. The summed E-state index contributed by atoms with van der Waals surface area (Å²) < 4.78 is 31.4. The van der Waals surface area contributed by atoms with Crippen LogP contribution in [0, 0.1) is 5.92 Å². The summed E-state index contributed by atoms with van der Waals surface area (Å²) in [5.74, 6) is 0.277. The number of aliphatic hydroxyl groups is 1. The van der Waals surface area contributed by atoms with Crippen molar-refractivity contribution in [2.75, 3.05) is 18.8 Å². The van der Waals surface area contributed by atoms with Gasteiger partial charge in [0.05, 0.1) is 11.4 Å². The van der Waals surface area contributed by atoms with Gasteiger partial charge in [-0.05, 0) is 39.5 Å². The standard InChI is InChI=1S/C14H30N2O4S/c1-11(2)10-21(18,19)16-8-6-7-12(9-16)15-13(17)20-14(3,4)5/h11-13,15,17H,6-10H2,1-5H3/t12-,13?/m0/s1.